The first-order valence-electron chi connectivity index (χ1n) is 4.07. The molecule has 0 aromatic heterocycles. The number of halogens is 1. The average Bonchev–Trinajstić information content (AvgIpc) is 2.13. The summed E-state index contributed by atoms with van der Waals surface area (Å²) in [6.07, 6.45) is 0.0804. The number of aliphatic hydroxyl groups excluding tert-OH is 4. The van der Waals surface area contributed by atoms with Gasteiger partial charge in [-0.25, -0.2) is 0 Å². The summed E-state index contributed by atoms with van der Waals surface area (Å²) in [7, 11) is 5.32. The molecule has 15 heavy (non-hydrogen) atoms. The number of hydrogen-bond acceptors (Lipinski definition) is 4. The first-order chi connectivity index (χ1) is 6.77. The van der Waals surface area contributed by atoms with Gasteiger partial charge in [-0.05, 0) is 22.9 Å². The van der Waals surface area contributed by atoms with Crippen LogP contribution in [0.3, 0.4) is 0 Å². The van der Waals surface area contributed by atoms with E-state index in [0.29, 0.717) is 5.47 Å². The summed E-state index contributed by atoms with van der Waals surface area (Å²) in [6.45, 7) is 2.76. The molecule has 4 N–H and O–H groups in total. The molecular formula is C9H12BBrO4. The second-order valence-electron chi connectivity index (χ2n) is 2.99. The van der Waals surface area contributed by atoms with E-state index in [0.717, 1.165) is 0 Å². The maximum absolute atomic E-state index is 9.45. The fourth-order valence-electron chi connectivity index (χ4n) is 0.747. The van der Waals surface area contributed by atoms with Gasteiger partial charge in [0.05, 0.1) is 4.48 Å². The van der Waals surface area contributed by atoms with E-state index in [1.165, 1.54) is 13.0 Å². The summed E-state index contributed by atoms with van der Waals surface area (Å²) < 4.78 is -0.0850. The van der Waals surface area contributed by atoms with Crippen LogP contribution in [0.15, 0.2) is 33.3 Å². The van der Waals surface area contributed by atoms with Crippen molar-refractivity contribution in [1.29, 1.82) is 0 Å². The van der Waals surface area contributed by atoms with Crippen molar-refractivity contribution in [3.8, 4) is 0 Å². The van der Waals surface area contributed by atoms with Crippen LogP contribution in [0.1, 0.15) is 13.8 Å². The monoisotopic (exact) mass is 274 g/mol. The highest BCUT2D eigenvalue weighted by atomic mass is 79.9. The second kappa shape index (κ2) is 5.87. The third kappa shape index (κ3) is 4.44. The minimum absolute atomic E-state index is 0.0850. The summed E-state index contributed by atoms with van der Waals surface area (Å²) in [5.74, 6) is -1.80. The van der Waals surface area contributed by atoms with Gasteiger partial charge in [-0.1, -0.05) is 13.0 Å². The van der Waals surface area contributed by atoms with Gasteiger partial charge in [0.2, 0.25) is 0 Å². The third-order valence-electron chi connectivity index (χ3n) is 1.47. The summed E-state index contributed by atoms with van der Waals surface area (Å²) >= 11 is 2.88. The van der Waals surface area contributed by atoms with Gasteiger partial charge in [0, 0.05) is 0 Å². The highest BCUT2D eigenvalue weighted by molar-refractivity contribution is 9.11. The van der Waals surface area contributed by atoms with E-state index in [2.05, 4.69) is 15.9 Å². The van der Waals surface area contributed by atoms with Gasteiger partial charge in [0.25, 0.3) is 0 Å². The number of allylic oxidation sites excluding steroid dienone is 2. The van der Waals surface area contributed by atoms with Crippen LogP contribution >= 0.6 is 15.9 Å². The maximum Gasteiger partial charge on any atom is 0.196 e. The Morgan fingerprint density at radius 2 is 1.67 bits per heavy atom. The molecule has 4 nitrogen and oxygen atoms in total. The molecule has 0 saturated carbocycles. The lowest BCUT2D eigenvalue weighted by Gasteiger charge is -2.09. The van der Waals surface area contributed by atoms with E-state index in [-0.39, 0.29) is 4.48 Å². The van der Waals surface area contributed by atoms with Crippen LogP contribution in [0.4, 0.5) is 0 Å². The molecule has 0 aliphatic rings. The zero-order valence-electron chi connectivity index (χ0n) is 8.40. The van der Waals surface area contributed by atoms with Crippen molar-refractivity contribution in [3.05, 3.63) is 33.3 Å². The van der Waals surface area contributed by atoms with Crippen molar-refractivity contribution in [2.75, 3.05) is 0 Å². The van der Waals surface area contributed by atoms with Gasteiger partial charge in [-0.3, -0.25) is 0 Å². The molecule has 0 aliphatic carbocycles. The van der Waals surface area contributed by atoms with Crippen LogP contribution in [-0.2, 0) is 0 Å². The molecule has 2 radical (unpaired) electrons. The smallest absolute Gasteiger partial charge is 0.196 e. The van der Waals surface area contributed by atoms with E-state index in [1.807, 2.05) is 0 Å². The molecule has 0 saturated heterocycles. The second-order valence-corrected chi connectivity index (χ2v) is 3.84. The van der Waals surface area contributed by atoms with E-state index >= 15 is 0 Å². The Balaban J connectivity index is 5.12. The number of hydrogen-bond donors (Lipinski definition) is 4. The van der Waals surface area contributed by atoms with Crippen LogP contribution in [-0.4, -0.2) is 34.4 Å². The highest BCUT2D eigenvalue weighted by Gasteiger charge is 2.15. The minimum Gasteiger partial charge on any atom is -0.509 e. The molecule has 0 fully saturated rings. The van der Waals surface area contributed by atoms with Crippen molar-refractivity contribution in [2.24, 2.45) is 0 Å². The van der Waals surface area contributed by atoms with Gasteiger partial charge in [0.1, 0.15) is 19.7 Å². The van der Waals surface area contributed by atoms with E-state index in [9.17, 15) is 15.3 Å². The molecule has 0 aliphatic heterocycles. The summed E-state index contributed by atoms with van der Waals surface area (Å²) in [6, 6.07) is 0. The SMILES string of the molecule is [B]/C(C)=C/C(O)/C(Br)=C(O)\C(O)=C(/C)O. The molecule has 1 atom stereocenters. The molecule has 1 unspecified atom stereocenters. The molecule has 0 heterocycles. The van der Waals surface area contributed by atoms with Crippen LogP contribution in [0.25, 0.3) is 0 Å². The fourth-order valence-corrected chi connectivity index (χ4v) is 1.07. The predicted octanol–water partition coefficient (Wildman–Crippen LogP) is 1.93. The van der Waals surface area contributed by atoms with Crippen molar-refractivity contribution < 1.29 is 20.4 Å². The molecule has 0 aromatic rings. The van der Waals surface area contributed by atoms with Gasteiger partial charge in [-0.2, -0.15) is 0 Å². The lowest BCUT2D eigenvalue weighted by Crippen LogP contribution is -2.07. The Hall–Kier alpha value is -0.875. The molecule has 0 spiro atoms. The van der Waals surface area contributed by atoms with Crippen molar-refractivity contribution in [2.45, 2.75) is 20.0 Å². The Morgan fingerprint density at radius 1 is 1.20 bits per heavy atom. The largest absolute Gasteiger partial charge is 0.509 e. The molecule has 0 rings (SSSR count). The van der Waals surface area contributed by atoms with Crippen molar-refractivity contribution in [3.63, 3.8) is 0 Å². The summed E-state index contributed by atoms with van der Waals surface area (Å²) in [4.78, 5) is 0. The van der Waals surface area contributed by atoms with Crippen LogP contribution in [0.2, 0.25) is 0 Å². The van der Waals surface area contributed by atoms with Crippen LogP contribution in [0, 0.1) is 0 Å². The lowest BCUT2D eigenvalue weighted by molar-refractivity contribution is 0.247. The Morgan fingerprint density at radius 3 is 2.00 bits per heavy atom. The number of rotatable bonds is 3. The van der Waals surface area contributed by atoms with Gasteiger partial charge >= 0.3 is 0 Å². The van der Waals surface area contributed by atoms with Crippen molar-refractivity contribution >= 4 is 23.8 Å². The maximum atomic E-state index is 9.45. The van der Waals surface area contributed by atoms with Crippen LogP contribution < -0.4 is 0 Å². The first kappa shape index (κ1) is 14.1. The molecule has 0 bridgehead atoms. The third-order valence-corrected chi connectivity index (χ3v) is 2.32. The Kier molecular flexibility index (Phi) is 5.53. The van der Waals surface area contributed by atoms with E-state index in [4.69, 9.17) is 13.0 Å². The van der Waals surface area contributed by atoms with Crippen molar-refractivity contribution in [1.82, 2.24) is 0 Å². The topological polar surface area (TPSA) is 80.9 Å². The number of aliphatic hydroxyl groups is 4. The molecule has 82 valence electrons. The molecule has 6 heteroatoms. The summed E-state index contributed by atoms with van der Waals surface area (Å²) in [5.41, 5.74) is 0.358. The Bertz CT molecular complexity index is 325. The van der Waals surface area contributed by atoms with Gasteiger partial charge < -0.3 is 20.4 Å². The predicted molar refractivity (Wildman–Crippen MR) is 62.1 cm³/mol. The van der Waals surface area contributed by atoms with E-state index in [1.54, 1.807) is 6.92 Å². The van der Waals surface area contributed by atoms with Gasteiger partial charge in [0.15, 0.2) is 11.5 Å². The fraction of sp³-hybridized carbons (Fsp3) is 0.333. The van der Waals surface area contributed by atoms with Gasteiger partial charge in [-0.15, -0.1) is 5.47 Å². The average molecular weight is 275 g/mol. The zero-order valence-corrected chi connectivity index (χ0v) is 9.98. The highest BCUT2D eigenvalue weighted by Crippen LogP contribution is 2.21. The normalized spacial score (nSPS) is 18.0. The summed E-state index contributed by atoms with van der Waals surface area (Å²) in [5, 5.41) is 36.9. The first-order valence-corrected chi connectivity index (χ1v) is 4.86. The molecule has 0 aromatic carbocycles. The standard InChI is InChI=1S/C9H12BBrO4/c1-4(10)3-6(13)7(11)9(15)8(14)5(2)12/h3,6,12-15H,1-2H3/b4-3+,8-5-,9-7-. The molecular weight excluding hydrogens is 263 g/mol. The lowest BCUT2D eigenvalue weighted by atomic mass is 9.96. The quantitative estimate of drug-likeness (QED) is 0.360. The Labute approximate surface area is 97.8 Å². The van der Waals surface area contributed by atoms with E-state index < -0.39 is 23.4 Å². The van der Waals surface area contributed by atoms with Crippen LogP contribution in [0.5, 0.6) is 0 Å². The minimum atomic E-state index is -1.18. The molecule has 0 amide bonds. The zero-order chi connectivity index (χ0) is 12.2.